The molecular formula is C19H16BrN3O5. The zero-order valence-electron chi connectivity index (χ0n) is 15.0. The van der Waals surface area contributed by atoms with Crippen LogP contribution in [0.4, 0.5) is 0 Å². The molecule has 1 aromatic heterocycles. The third-order valence-corrected chi connectivity index (χ3v) is 4.40. The number of aromatic amines is 1. The number of aromatic nitrogens is 2. The Balaban J connectivity index is 2.02. The first kappa shape index (κ1) is 19.6. The molecule has 1 N–H and O–H groups in total. The molecule has 0 saturated carbocycles. The molecule has 0 unspecified atom stereocenters. The highest BCUT2D eigenvalue weighted by Crippen LogP contribution is 2.23. The van der Waals surface area contributed by atoms with E-state index in [1.807, 2.05) is 0 Å². The number of benzene rings is 2. The Kier molecular flexibility index (Phi) is 5.74. The topological polar surface area (TPSA) is 103 Å². The van der Waals surface area contributed by atoms with E-state index in [-0.39, 0.29) is 0 Å². The van der Waals surface area contributed by atoms with E-state index in [9.17, 15) is 14.4 Å². The van der Waals surface area contributed by atoms with Crippen LogP contribution in [0.2, 0.25) is 0 Å². The van der Waals surface area contributed by atoms with Crippen LogP contribution in [0.3, 0.4) is 0 Å². The Morgan fingerprint density at radius 1 is 1.25 bits per heavy atom. The Labute approximate surface area is 167 Å². The highest BCUT2D eigenvalue weighted by atomic mass is 79.9. The van der Waals surface area contributed by atoms with Crippen LogP contribution >= 0.6 is 15.9 Å². The fourth-order valence-electron chi connectivity index (χ4n) is 2.51. The maximum atomic E-state index is 12.6. The first-order valence-corrected chi connectivity index (χ1v) is 9.02. The summed E-state index contributed by atoms with van der Waals surface area (Å²) in [6.07, 6.45) is 0.473. The van der Waals surface area contributed by atoms with Crippen molar-refractivity contribution in [2.24, 2.45) is 5.10 Å². The summed E-state index contributed by atoms with van der Waals surface area (Å²) < 4.78 is 11.7. The zero-order chi connectivity index (χ0) is 20.3. The highest BCUT2D eigenvalue weighted by molar-refractivity contribution is 9.10. The van der Waals surface area contributed by atoms with Crippen LogP contribution in [0, 0.1) is 0 Å². The number of carbonyl (C=O) groups excluding carboxylic acids is 1. The van der Waals surface area contributed by atoms with Crippen molar-refractivity contribution in [3.63, 3.8) is 0 Å². The smallest absolute Gasteiger partial charge is 0.349 e. The Hall–Kier alpha value is -3.20. The maximum absolute atomic E-state index is 12.6. The highest BCUT2D eigenvalue weighted by Gasteiger charge is 2.16. The van der Waals surface area contributed by atoms with E-state index in [0.717, 1.165) is 9.15 Å². The number of para-hydroxylation sites is 1. The van der Waals surface area contributed by atoms with Crippen LogP contribution in [-0.2, 0) is 9.53 Å². The van der Waals surface area contributed by atoms with Gasteiger partial charge in [0.05, 0.1) is 24.2 Å². The van der Waals surface area contributed by atoms with Crippen molar-refractivity contribution in [2.45, 2.75) is 13.0 Å². The minimum absolute atomic E-state index is 0.337. The molecular weight excluding hydrogens is 430 g/mol. The predicted molar refractivity (Wildman–Crippen MR) is 108 cm³/mol. The summed E-state index contributed by atoms with van der Waals surface area (Å²) in [5.74, 6) is -0.192. The molecule has 3 rings (SSSR count). The molecule has 0 amide bonds. The fourth-order valence-corrected chi connectivity index (χ4v) is 2.89. The van der Waals surface area contributed by atoms with E-state index in [2.05, 4.69) is 30.8 Å². The molecule has 9 heteroatoms. The Morgan fingerprint density at radius 3 is 2.75 bits per heavy atom. The van der Waals surface area contributed by atoms with E-state index >= 15 is 0 Å². The summed E-state index contributed by atoms with van der Waals surface area (Å²) in [5.41, 5.74) is -0.316. The Morgan fingerprint density at radius 2 is 2.00 bits per heavy atom. The predicted octanol–water partition coefficient (Wildman–Crippen LogP) is 2.27. The molecule has 0 aliphatic heterocycles. The number of nitrogens with zero attached hydrogens (tertiary/aromatic N) is 2. The van der Waals surface area contributed by atoms with E-state index < -0.39 is 23.3 Å². The van der Waals surface area contributed by atoms with Crippen LogP contribution in [-0.4, -0.2) is 35.1 Å². The second-order valence-corrected chi connectivity index (χ2v) is 6.72. The van der Waals surface area contributed by atoms with Crippen molar-refractivity contribution >= 4 is 39.0 Å². The SMILES string of the molecule is COC(=O)[C@H](C)Oc1ccc(Br)cc1C=Nn1c(=O)[nH]c2ccccc2c1=O. The maximum Gasteiger partial charge on any atom is 0.349 e. The van der Waals surface area contributed by atoms with Gasteiger partial charge in [0, 0.05) is 10.0 Å². The number of methoxy groups -OCH3 is 1. The van der Waals surface area contributed by atoms with Gasteiger partial charge in [0.1, 0.15) is 5.75 Å². The third-order valence-electron chi connectivity index (χ3n) is 3.90. The average molecular weight is 446 g/mol. The zero-order valence-corrected chi connectivity index (χ0v) is 16.6. The molecule has 0 fully saturated rings. The molecule has 144 valence electrons. The average Bonchev–Trinajstić information content (AvgIpc) is 2.68. The second kappa shape index (κ2) is 8.22. The van der Waals surface area contributed by atoms with Crippen LogP contribution in [0.15, 0.2) is 61.6 Å². The Bertz CT molecular complexity index is 1180. The minimum Gasteiger partial charge on any atom is -0.478 e. The molecule has 3 aromatic rings. The van der Waals surface area contributed by atoms with Gasteiger partial charge in [-0.1, -0.05) is 28.1 Å². The molecule has 28 heavy (non-hydrogen) atoms. The van der Waals surface area contributed by atoms with Crippen LogP contribution in [0.25, 0.3) is 10.9 Å². The normalized spacial score (nSPS) is 12.2. The molecule has 1 heterocycles. The number of halogens is 1. The monoisotopic (exact) mass is 445 g/mol. The van der Waals surface area contributed by atoms with E-state index in [0.29, 0.717) is 22.2 Å². The standard InChI is InChI=1S/C19H16BrN3O5/c1-11(18(25)27-2)28-16-8-7-13(20)9-12(16)10-21-23-17(24)14-5-3-4-6-15(14)22-19(23)26/h3-11H,1-2H3,(H,22,26)/t11-/m0/s1. The quantitative estimate of drug-likeness (QED) is 0.479. The van der Waals surface area contributed by atoms with Gasteiger partial charge in [-0.15, -0.1) is 4.68 Å². The van der Waals surface area contributed by atoms with Crippen LogP contribution in [0.1, 0.15) is 12.5 Å². The van der Waals surface area contributed by atoms with Gasteiger partial charge in [-0.2, -0.15) is 5.10 Å². The number of nitrogens with one attached hydrogen (secondary N) is 1. The summed E-state index contributed by atoms with van der Waals surface area (Å²) >= 11 is 3.35. The molecule has 0 aliphatic rings. The van der Waals surface area contributed by atoms with Gasteiger partial charge < -0.3 is 14.5 Å². The first-order chi connectivity index (χ1) is 13.4. The summed E-state index contributed by atoms with van der Waals surface area (Å²) in [5, 5.41) is 4.36. The second-order valence-electron chi connectivity index (χ2n) is 5.80. The van der Waals surface area contributed by atoms with Gasteiger partial charge in [0.2, 0.25) is 0 Å². The summed E-state index contributed by atoms with van der Waals surface area (Å²) in [6.45, 7) is 1.55. The van der Waals surface area contributed by atoms with Crippen molar-refractivity contribution in [1.82, 2.24) is 9.66 Å². The molecule has 0 aliphatic carbocycles. The molecule has 0 spiro atoms. The molecule has 0 bridgehead atoms. The van der Waals surface area contributed by atoms with E-state index in [1.54, 1.807) is 49.4 Å². The van der Waals surface area contributed by atoms with Gasteiger partial charge in [-0.05, 0) is 37.3 Å². The minimum atomic E-state index is -0.842. The number of H-pyrrole nitrogens is 1. The summed E-state index contributed by atoms with van der Waals surface area (Å²) in [4.78, 5) is 39.0. The number of hydrogen-bond acceptors (Lipinski definition) is 6. The lowest BCUT2D eigenvalue weighted by Gasteiger charge is -2.14. The molecule has 1 atom stereocenters. The molecule has 2 aromatic carbocycles. The van der Waals surface area contributed by atoms with Crippen LogP contribution < -0.4 is 16.0 Å². The van der Waals surface area contributed by atoms with Gasteiger partial charge in [0.25, 0.3) is 5.56 Å². The third kappa shape index (κ3) is 4.04. The summed E-state index contributed by atoms with van der Waals surface area (Å²) in [6, 6.07) is 11.7. The number of rotatable bonds is 5. The molecule has 0 saturated heterocycles. The fraction of sp³-hybridized carbons (Fsp3) is 0.158. The molecule has 0 radical (unpaired) electrons. The van der Waals surface area contributed by atoms with Gasteiger partial charge >= 0.3 is 11.7 Å². The van der Waals surface area contributed by atoms with E-state index in [4.69, 9.17) is 4.74 Å². The lowest BCUT2D eigenvalue weighted by Crippen LogP contribution is -2.32. The van der Waals surface area contributed by atoms with Gasteiger partial charge in [-0.25, -0.2) is 9.59 Å². The number of fused-ring (bicyclic) bond motifs is 1. The summed E-state index contributed by atoms with van der Waals surface area (Å²) in [7, 11) is 1.27. The van der Waals surface area contributed by atoms with Crippen molar-refractivity contribution in [3.05, 3.63) is 73.3 Å². The van der Waals surface area contributed by atoms with Crippen molar-refractivity contribution in [3.8, 4) is 5.75 Å². The van der Waals surface area contributed by atoms with E-state index in [1.165, 1.54) is 13.3 Å². The lowest BCUT2D eigenvalue weighted by molar-refractivity contribution is -0.147. The first-order valence-electron chi connectivity index (χ1n) is 8.23. The molecule has 8 nitrogen and oxygen atoms in total. The largest absolute Gasteiger partial charge is 0.478 e. The van der Waals surface area contributed by atoms with Gasteiger partial charge in [0.15, 0.2) is 6.10 Å². The van der Waals surface area contributed by atoms with Crippen molar-refractivity contribution in [2.75, 3.05) is 7.11 Å². The number of ether oxygens (including phenoxy) is 2. The number of hydrogen-bond donors (Lipinski definition) is 1. The van der Waals surface area contributed by atoms with Crippen molar-refractivity contribution in [1.29, 1.82) is 0 Å². The van der Waals surface area contributed by atoms with Gasteiger partial charge in [-0.3, -0.25) is 4.79 Å². The number of esters is 1. The lowest BCUT2D eigenvalue weighted by atomic mass is 10.2. The number of carbonyl (C=O) groups is 1. The van der Waals surface area contributed by atoms with Crippen molar-refractivity contribution < 1.29 is 14.3 Å². The van der Waals surface area contributed by atoms with Crippen LogP contribution in [0.5, 0.6) is 5.75 Å².